The number of benzene rings is 1. The molecule has 1 amide bonds. The van der Waals surface area contributed by atoms with Crippen LogP contribution >= 0.6 is 0 Å². The average Bonchev–Trinajstić information content (AvgIpc) is 3.11. The van der Waals surface area contributed by atoms with Gasteiger partial charge in [0, 0.05) is 0 Å². The van der Waals surface area contributed by atoms with E-state index >= 15 is 0 Å². The van der Waals surface area contributed by atoms with Crippen LogP contribution in [-0.2, 0) is 25.2 Å². The molecule has 0 saturated carbocycles. The normalized spacial score (nSPS) is 18.0. The molecule has 0 aromatic heterocycles. The Morgan fingerprint density at radius 3 is 2.39 bits per heavy atom. The van der Waals surface area contributed by atoms with Crippen molar-refractivity contribution in [1.29, 1.82) is 0 Å². The van der Waals surface area contributed by atoms with E-state index in [0.29, 0.717) is 39.6 Å². The van der Waals surface area contributed by atoms with Crippen LogP contribution in [0.5, 0.6) is 5.75 Å². The lowest BCUT2D eigenvalue weighted by atomic mass is 10.2. The number of carbonyl (C=O) groups is 1. The second kappa shape index (κ2) is 12.2. The number of rotatable bonds is 13. The highest BCUT2D eigenvalue weighted by atomic mass is 28.4. The smallest absolute Gasteiger partial charge is 0.410 e. The minimum absolute atomic E-state index is 0.0400. The number of carbonyl (C=O) groups excluding carboxylic acids is 1. The van der Waals surface area contributed by atoms with Crippen molar-refractivity contribution in [2.24, 2.45) is 0 Å². The third-order valence-corrected chi connectivity index (χ3v) is 10.7. The summed E-state index contributed by atoms with van der Waals surface area (Å²) in [6.45, 7) is 20.1. The summed E-state index contributed by atoms with van der Waals surface area (Å²) >= 11 is 0. The van der Waals surface area contributed by atoms with Crippen molar-refractivity contribution in [2.45, 2.75) is 84.5 Å². The first-order valence-corrected chi connectivity index (χ1v) is 14.8. The third kappa shape index (κ3) is 8.92. The maximum Gasteiger partial charge on any atom is 0.410 e. The molecule has 1 aliphatic heterocycles. The number of amides is 1. The summed E-state index contributed by atoms with van der Waals surface area (Å²) in [6, 6.07) is 7.74. The van der Waals surface area contributed by atoms with Gasteiger partial charge in [-0.1, -0.05) is 32.9 Å². The molecule has 2 unspecified atom stereocenters. The van der Waals surface area contributed by atoms with E-state index in [4.69, 9.17) is 23.4 Å². The quantitative estimate of drug-likeness (QED) is 0.284. The molecule has 0 spiro atoms. The van der Waals surface area contributed by atoms with Crippen molar-refractivity contribution in [1.82, 2.24) is 4.90 Å². The molecule has 0 bridgehead atoms. The lowest BCUT2D eigenvalue weighted by molar-refractivity contribution is 0.0143. The maximum absolute atomic E-state index is 12.4. The average molecular weight is 482 g/mol. The Morgan fingerprint density at radius 2 is 1.79 bits per heavy atom. The summed E-state index contributed by atoms with van der Waals surface area (Å²) < 4.78 is 28.7. The fourth-order valence-corrected chi connectivity index (χ4v) is 4.12. The molecule has 1 aromatic carbocycles. The third-order valence-electron chi connectivity index (χ3n) is 6.23. The van der Waals surface area contributed by atoms with Crippen molar-refractivity contribution >= 4 is 14.4 Å². The molecule has 0 radical (unpaired) electrons. The monoisotopic (exact) mass is 481 g/mol. The van der Waals surface area contributed by atoms with E-state index in [2.05, 4.69) is 33.9 Å². The zero-order chi connectivity index (χ0) is 24.6. The molecule has 1 heterocycles. The lowest BCUT2D eigenvalue weighted by Crippen LogP contribution is -2.46. The van der Waals surface area contributed by atoms with Crippen LogP contribution in [0.1, 0.15) is 47.1 Å². The van der Waals surface area contributed by atoms with E-state index in [1.165, 1.54) is 0 Å². The first-order valence-electron chi connectivity index (χ1n) is 11.9. The lowest BCUT2D eigenvalue weighted by Gasteiger charge is -2.37. The van der Waals surface area contributed by atoms with Crippen molar-refractivity contribution in [2.75, 3.05) is 33.0 Å². The van der Waals surface area contributed by atoms with Gasteiger partial charge in [0.05, 0.1) is 45.1 Å². The molecule has 188 valence electrons. The number of ether oxygens (including phenoxy) is 4. The molecule has 33 heavy (non-hydrogen) atoms. The summed E-state index contributed by atoms with van der Waals surface area (Å²) in [5.74, 6) is 0.741. The summed E-state index contributed by atoms with van der Waals surface area (Å²) in [5, 5.41) is 0.137. The van der Waals surface area contributed by atoms with Crippen LogP contribution in [0.15, 0.2) is 24.3 Å². The first kappa shape index (κ1) is 27.6. The van der Waals surface area contributed by atoms with E-state index in [1.807, 2.05) is 45.0 Å². The number of hydrogen-bond donors (Lipinski definition) is 0. The van der Waals surface area contributed by atoms with Crippen LogP contribution in [0.25, 0.3) is 0 Å². The molecule has 1 aromatic rings. The largest absolute Gasteiger partial charge is 0.490 e. The highest BCUT2D eigenvalue weighted by Crippen LogP contribution is 2.36. The summed E-state index contributed by atoms with van der Waals surface area (Å²) in [5.41, 5.74) is 1.07. The van der Waals surface area contributed by atoms with Crippen LogP contribution in [0.2, 0.25) is 18.1 Å². The van der Waals surface area contributed by atoms with Crippen LogP contribution < -0.4 is 4.74 Å². The number of hydrogen-bond acceptors (Lipinski definition) is 6. The van der Waals surface area contributed by atoms with Gasteiger partial charge in [0.25, 0.3) is 0 Å². The SMILES string of the molecule is CC(C)OCCOCc1ccc(OCC2CN(C(C)CO[Si](C)(C)C(C)(C)C)C(=O)O2)cc1. The molecule has 2 atom stereocenters. The molecular formula is C25H43NO6Si. The Bertz CT molecular complexity index is 731. The number of cyclic esters (lactones) is 1. The van der Waals surface area contributed by atoms with Crippen molar-refractivity contribution < 1.29 is 28.2 Å². The molecule has 1 fully saturated rings. The fraction of sp³-hybridized carbons (Fsp3) is 0.720. The van der Waals surface area contributed by atoms with Gasteiger partial charge in [-0.25, -0.2) is 4.79 Å². The minimum atomic E-state index is -1.86. The Kier molecular flexibility index (Phi) is 10.2. The zero-order valence-corrected chi connectivity index (χ0v) is 22.7. The minimum Gasteiger partial charge on any atom is -0.490 e. The van der Waals surface area contributed by atoms with E-state index in [9.17, 15) is 4.79 Å². The van der Waals surface area contributed by atoms with E-state index < -0.39 is 8.32 Å². The molecule has 8 heteroatoms. The van der Waals surface area contributed by atoms with Crippen LogP contribution in [0.3, 0.4) is 0 Å². The van der Waals surface area contributed by atoms with Gasteiger partial charge >= 0.3 is 6.09 Å². The van der Waals surface area contributed by atoms with Gasteiger partial charge in [0.1, 0.15) is 12.4 Å². The topological polar surface area (TPSA) is 66.5 Å². The highest BCUT2D eigenvalue weighted by Gasteiger charge is 2.39. The second-order valence-corrected chi connectivity index (χ2v) is 15.3. The van der Waals surface area contributed by atoms with Gasteiger partial charge in [0.15, 0.2) is 14.4 Å². The van der Waals surface area contributed by atoms with Gasteiger partial charge < -0.3 is 23.4 Å². The predicted octanol–water partition coefficient (Wildman–Crippen LogP) is 5.24. The van der Waals surface area contributed by atoms with E-state index in [-0.39, 0.29) is 29.4 Å². The summed E-state index contributed by atoms with van der Waals surface area (Å²) in [4.78, 5) is 14.1. The van der Waals surface area contributed by atoms with Crippen LogP contribution in [0.4, 0.5) is 4.79 Å². The zero-order valence-electron chi connectivity index (χ0n) is 21.7. The Balaban J connectivity index is 1.73. The van der Waals surface area contributed by atoms with Gasteiger partial charge in [-0.2, -0.15) is 0 Å². The fourth-order valence-electron chi connectivity index (χ4n) is 3.03. The molecule has 0 aliphatic carbocycles. The molecule has 2 rings (SSSR count). The molecule has 0 N–H and O–H groups in total. The van der Waals surface area contributed by atoms with Crippen molar-refractivity contribution in [3.05, 3.63) is 29.8 Å². The molecule has 7 nitrogen and oxygen atoms in total. The molecular weight excluding hydrogens is 438 g/mol. The van der Waals surface area contributed by atoms with Gasteiger partial charge in [-0.05, 0) is 56.6 Å². The molecule has 1 aliphatic rings. The van der Waals surface area contributed by atoms with Gasteiger partial charge in [-0.3, -0.25) is 4.90 Å². The standard InChI is InChI=1S/C25H43NO6Si/c1-19(2)29-14-13-28-17-21-9-11-22(12-10-21)30-18-23-15-26(24(27)32-23)20(3)16-31-33(7,8)25(4,5)6/h9-12,19-20,23H,13-18H2,1-8H3. The second-order valence-electron chi connectivity index (χ2n) is 10.5. The Labute approximate surface area is 200 Å². The van der Waals surface area contributed by atoms with Gasteiger partial charge in [0.2, 0.25) is 0 Å². The highest BCUT2D eigenvalue weighted by molar-refractivity contribution is 6.74. The maximum atomic E-state index is 12.4. The summed E-state index contributed by atoms with van der Waals surface area (Å²) in [6.07, 6.45) is -0.379. The van der Waals surface area contributed by atoms with Crippen molar-refractivity contribution in [3.63, 3.8) is 0 Å². The first-order chi connectivity index (χ1) is 15.4. The van der Waals surface area contributed by atoms with E-state index in [0.717, 1.165) is 11.3 Å². The van der Waals surface area contributed by atoms with Crippen molar-refractivity contribution in [3.8, 4) is 5.75 Å². The van der Waals surface area contributed by atoms with Crippen LogP contribution in [0, 0.1) is 0 Å². The molecule has 1 saturated heterocycles. The number of nitrogens with zero attached hydrogens (tertiary/aromatic N) is 1. The Morgan fingerprint density at radius 1 is 1.12 bits per heavy atom. The van der Waals surface area contributed by atoms with E-state index in [1.54, 1.807) is 4.90 Å². The predicted molar refractivity (Wildman–Crippen MR) is 132 cm³/mol. The van der Waals surface area contributed by atoms with Crippen LogP contribution in [-0.4, -0.2) is 70.5 Å². The van der Waals surface area contributed by atoms with Gasteiger partial charge in [-0.15, -0.1) is 0 Å². The Hall–Kier alpha value is -1.61. The summed E-state index contributed by atoms with van der Waals surface area (Å²) in [7, 11) is -1.86.